The minimum absolute atomic E-state index is 0.00771. The van der Waals surface area contributed by atoms with Crippen molar-refractivity contribution in [2.45, 2.75) is 38.9 Å². The summed E-state index contributed by atoms with van der Waals surface area (Å²) in [6, 6.07) is 0. The first kappa shape index (κ1) is 9.96. The third-order valence-corrected chi connectivity index (χ3v) is 2.97. The van der Waals surface area contributed by atoms with E-state index in [2.05, 4.69) is 0 Å². The van der Waals surface area contributed by atoms with Crippen LogP contribution in [0, 0.1) is 5.41 Å². The zero-order valence-electron chi connectivity index (χ0n) is 8.00. The smallest absolute Gasteiger partial charge is 0.0833 e. The minimum atomic E-state index is -0.737. The molecule has 0 spiro atoms. The van der Waals surface area contributed by atoms with E-state index in [9.17, 15) is 5.11 Å². The SMILES string of the molecule is CC1(C)COC(CO)CC1(C)O. The molecule has 1 aliphatic rings. The van der Waals surface area contributed by atoms with Gasteiger partial charge in [-0.3, -0.25) is 0 Å². The lowest BCUT2D eigenvalue weighted by molar-refractivity contribution is -0.183. The van der Waals surface area contributed by atoms with Crippen LogP contribution in [0.2, 0.25) is 0 Å². The largest absolute Gasteiger partial charge is 0.394 e. The molecule has 3 heteroatoms. The molecule has 1 saturated heterocycles. The fourth-order valence-electron chi connectivity index (χ4n) is 1.38. The second kappa shape index (κ2) is 2.98. The first-order chi connectivity index (χ1) is 5.39. The van der Waals surface area contributed by atoms with E-state index in [0.29, 0.717) is 13.0 Å². The van der Waals surface area contributed by atoms with E-state index in [1.54, 1.807) is 6.92 Å². The number of rotatable bonds is 1. The normalized spacial score (nSPS) is 41.2. The molecule has 0 bridgehead atoms. The van der Waals surface area contributed by atoms with Gasteiger partial charge >= 0.3 is 0 Å². The van der Waals surface area contributed by atoms with Gasteiger partial charge < -0.3 is 14.9 Å². The lowest BCUT2D eigenvalue weighted by Crippen LogP contribution is -2.53. The first-order valence-corrected chi connectivity index (χ1v) is 4.34. The molecule has 2 N–H and O–H groups in total. The summed E-state index contributed by atoms with van der Waals surface area (Å²) >= 11 is 0. The van der Waals surface area contributed by atoms with Gasteiger partial charge in [0, 0.05) is 11.8 Å². The predicted molar refractivity (Wildman–Crippen MR) is 45.8 cm³/mol. The molecule has 1 heterocycles. The minimum Gasteiger partial charge on any atom is -0.394 e. The first-order valence-electron chi connectivity index (χ1n) is 4.34. The molecule has 0 aromatic rings. The van der Waals surface area contributed by atoms with Crippen molar-refractivity contribution in [2.75, 3.05) is 13.2 Å². The van der Waals surface area contributed by atoms with Gasteiger partial charge in [-0.05, 0) is 6.92 Å². The van der Waals surface area contributed by atoms with Gasteiger partial charge in [0.1, 0.15) is 0 Å². The second-order valence-corrected chi connectivity index (χ2v) is 4.48. The lowest BCUT2D eigenvalue weighted by atomic mass is 9.72. The van der Waals surface area contributed by atoms with Gasteiger partial charge in [0.25, 0.3) is 0 Å². The number of hydrogen-bond acceptors (Lipinski definition) is 3. The monoisotopic (exact) mass is 174 g/mol. The van der Waals surface area contributed by atoms with E-state index in [1.165, 1.54) is 0 Å². The highest BCUT2D eigenvalue weighted by molar-refractivity contribution is 4.94. The van der Waals surface area contributed by atoms with Crippen LogP contribution in [0.5, 0.6) is 0 Å². The molecule has 2 unspecified atom stereocenters. The Bertz CT molecular complexity index is 163. The van der Waals surface area contributed by atoms with Crippen LogP contribution < -0.4 is 0 Å². The van der Waals surface area contributed by atoms with E-state index in [0.717, 1.165) is 0 Å². The number of hydrogen-bond donors (Lipinski definition) is 2. The van der Waals surface area contributed by atoms with Crippen LogP contribution >= 0.6 is 0 Å². The van der Waals surface area contributed by atoms with E-state index in [-0.39, 0.29) is 18.1 Å². The molecule has 0 radical (unpaired) electrons. The summed E-state index contributed by atoms with van der Waals surface area (Å²) in [5.41, 5.74) is -0.961. The summed E-state index contributed by atoms with van der Waals surface area (Å²) in [4.78, 5) is 0. The van der Waals surface area contributed by atoms with Gasteiger partial charge in [-0.1, -0.05) is 13.8 Å². The Morgan fingerprint density at radius 3 is 2.42 bits per heavy atom. The van der Waals surface area contributed by atoms with E-state index in [4.69, 9.17) is 9.84 Å². The van der Waals surface area contributed by atoms with E-state index >= 15 is 0 Å². The van der Waals surface area contributed by atoms with Crippen molar-refractivity contribution in [3.05, 3.63) is 0 Å². The molecule has 0 saturated carbocycles. The summed E-state index contributed by atoms with van der Waals surface area (Å²) in [5.74, 6) is 0. The fraction of sp³-hybridized carbons (Fsp3) is 1.00. The van der Waals surface area contributed by atoms with Gasteiger partial charge in [0.05, 0.1) is 24.9 Å². The van der Waals surface area contributed by atoms with Crippen LogP contribution in [0.4, 0.5) is 0 Å². The van der Waals surface area contributed by atoms with Crippen molar-refractivity contribution in [1.29, 1.82) is 0 Å². The average Bonchev–Trinajstić information content (AvgIpc) is 1.95. The van der Waals surface area contributed by atoms with E-state index < -0.39 is 5.60 Å². The van der Waals surface area contributed by atoms with Crippen molar-refractivity contribution < 1.29 is 14.9 Å². The maximum Gasteiger partial charge on any atom is 0.0833 e. The third kappa shape index (κ3) is 1.63. The summed E-state index contributed by atoms with van der Waals surface area (Å²) in [6.45, 7) is 6.25. The third-order valence-electron chi connectivity index (χ3n) is 2.97. The molecule has 1 aliphatic heterocycles. The van der Waals surface area contributed by atoms with Crippen molar-refractivity contribution in [2.24, 2.45) is 5.41 Å². The molecular formula is C9H18O3. The van der Waals surface area contributed by atoms with Crippen LogP contribution in [-0.2, 0) is 4.74 Å². The highest BCUT2D eigenvalue weighted by Crippen LogP contribution is 2.39. The fourth-order valence-corrected chi connectivity index (χ4v) is 1.38. The van der Waals surface area contributed by atoms with Gasteiger partial charge in [-0.2, -0.15) is 0 Å². The Kier molecular flexibility index (Phi) is 2.47. The van der Waals surface area contributed by atoms with Crippen LogP contribution in [0.3, 0.4) is 0 Å². The van der Waals surface area contributed by atoms with Crippen molar-refractivity contribution in [3.63, 3.8) is 0 Å². The lowest BCUT2D eigenvalue weighted by Gasteiger charge is -2.46. The topological polar surface area (TPSA) is 49.7 Å². The Morgan fingerprint density at radius 2 is 2.00 bits per heavy atom. The van der Waals surface area contributed by atoms with Crippen LogP contribution in [0.25, 0.3) is 0 Å². The average molecular weight is 174 g/mol. The van der Waals surface area contributed by atoms with Gasteiger partial charge in [-0.15, -0.1) is 0 Å². The molecule has 1 rings (SSSR count). The second-order valence-electron chi connectivity index (χ2n) is 4.48. The summed E-state index contributed by atoms with van der Waals surface area (Å²) in [6.07, 6.45) is 0.310. The molecule has 72 valence electrons. The summed E-state index contributed by atoms with van der Waals surface area (Å²) < 4.78 is 5.37. The van der Waals surface area contributed by atoms with Gasteiger partial charge in [-0.25, -0.2) is 0 Å². The molecule has 0 amide bonds. The summed E-state index contributed by atoms with van der Waals surface area (Å²) in [7, 11) is 0. The molecule has 2 atom stereocenters. The Balaban J connectivity index is 2.68. The van der Waals surface area contributed by atoms with Crippen molar-refractivity contribution in [1.82, 2.24) is 0 Å². The standard InChI is InChI=1S/C9H18O3/c1-8(2)6-12-7(5-10)4-9(8,3)11/h7,10-11H,4-6H2,1-3H3. The molecule has 3 nitrogen and oxygen atoms in total. The molecule has 0 aromatic carbocycles. The predicted octanol–water partition coefficient (Wildman–Crippen LogP) is 0.545. The highest BCUT2D eigenvalue weighted by atomic mass is 16.5. The molecule has 0 aliphatic carbocycles. The van der Waals surface area contributed by atoms with Gasteiger partial charge in [0.15, 0.2) is 0 Å². The molecule has 12 heavy (non-hydrogen) atoms. The maximum absolute atomic E-state index is 10.0. The maximum atomic E-state index is 10.0. The number of aliphatic hydroxyl groups excluding tert-OH is 1. The van der Waals surface area contributed by atoms with Crippen LogP contribution in [0.15, 0.2) is 0 Å². The van der Waals surface area contributed by atoms with Crippen molar-refractivity contribution in [3.8, 4) is 0 Å². The quantitative estimate of drug-likeness (QED) is 0.610. The zero-order valence-corrected chi connectivity index (χ0v) is 8.00. The Labute approximate surface area is 73.4 Å². The number of ether oxygens (including phenoxy) is 1. The van der Waals surface area contributed by atoms with Crippen LogP contribution in [-0.4, -0.2) is 35.1 Å². The van der Waals surface area contributed by atoms with Crippen molar-refractivity contribution >= 4 is 0 Å². The van der Waals surface area contributed by atoms with Crippen LogP contribution in [0.1, 0.15) is 27.2 Å². The highest BCUT2D eigenvalue weighted by Gasteiger charge is 2.45. The van der Waals surface area contributed by atoms with Gasteiger partial charge in [0.2, 0.25) is 0 Å². The van der Waals surface area contributed by atoms with E-state index in [1.807, 2.05) is 13.8 Å². The Morgan fingerprint density at radius 1 is 1.42 bits per heavy atom. The molecule has 0 aromatic heterocycles. The Hall–Kier alpha value is -0.120. The molecular weight excluding hydrogens is 156 g/mol. The summed E-state index contributed by atoms with van der Waals surface area (Å²) in [5, 5.41) is 18.9. The number of aliphatic hydroxyl groups is 2. The molecule has 1 fully saturated rings. The zero-order chi connectivity index (χ0) is 9.41.